The molecule has 2 N–H and O–H groups in total. The third-order valence-electron chi connectivity index (χ3n) is 3.94. The standard InChI is InChI=1S/C14H25N3O3/c1-3-15-12-9-20-8-11(12)14(19)16-10(2)7-17-6-4-5-13(17)18/h10-12,15H,3-9H2,1-2H3,(H,16,19). The summed E-state index contributed by atoms with van der Waals surface area (Å²) in [6, 6.07) is 0.0769. The minimum Gasteiger partial charge on any atom is -0.379 e. The molecule has 0 spiro atoms. The molecule has 0 saturated carbocycles. The van der Waals surface area contributed by atoms with Crippen LogP contribution in [-0.2, 0) is 14.3 Å². The summed E-state index contributed by atoms with van der Waals surface area (Å²) in [6.07, 6.45) is 1.57. The number of amides is 2. The van der Waals surface area contributed by atoms with Crippen LogP contribution in [0.4, 0.5) is 0 Å². The van der Waals surface area contributed by atoms with Crippen molar-refractivity contribution >= 4 is 11.8 Å². The Bertz CT molecular complexity index is 362. The van der Waals surface area contributed by atoms with E-state index in [-0.39, 0.29) is 29.8 Å². The molecular weight excluding hydrogens is 258 g/mol. The lowest BCUT2D eigenvalue weighted by Gasteiger charge is -2.24. The van der Waals surface area contributed by atoms with Crippen molar-refractivity contribution in [2.75, 3.05) is 32.8 Å². The number of hydrogen-bond donors (Lipinski definition) is 2. The zero-order chi connectivity index (χ0) is 14.5. The summed E-state index contributed by atoms with van der Waals surface area (Å²) in [6.45, 7) is 7.27. The van der Waals surface area contributed by atoms with E-state index in [1.165, 1.54) is 0 Å². The van der Waals surface area contributed by atoms with Crippen molar-refractivity contribution in [1.29, 1.82) is 0 Å². The molecule has 0 radical (unpaired) electrons. The predicted molar refractivity (Wildman–Crippen MR) is 75.2 cm³/mol. The molecule has 20 heavy (non-hydrogen) atoms. The fourth-order valence-electron chi connectivity index (χ4n) is 2.90. The number of ether oxygens (including phenoxy) is 1. The molecule has 2 fully saturated rings. The van der Waals surface area contributed by atoms with Crippen LogP contribution in [0, 0.1) is 5.92 Å². The molecule has 0 aromatic carbocycles. The summed E-state index contributed by atoms with van der Waals surface area (Å²) in [5.41, 5.74) is 0. The Morgan fingerprint density at radius 2 is 2.30 bits per heavy atom. The predicted octanol–water partition coefficient (Wildman–Crippen LogP) is -0.262. The summed E-state index contributed by atoms with van der Waals surface area (Å²) < 4.78 is 5.39. The summed E-state index contributed by atoms with van der Waals surface area (Å²) in [7, 11) is 0. The van der Waals surface area contributed by atoms with E-state index < -0.39 is 0 Å². The van der Waals surface area contributed by atoms with Crippen LogP contribution in [0.3, 0.4) is 0 Å². The maximum Gasteiger partial charge on any atom is 0.227 e. The SMILES string of the molecule is CCNC1COCC1C(=O)NC(C)CN1CCCC1=O. The molecule has 3 atom stereocenters. The quantitative estimate of drug-likeness (QED) is 0.704. The average molecular weight is 283 g/mol. The van der Waals surface area contributed by atoms with E-state index in [2.05, 4.69) is 10.6 Å². The number of carbonyl (C=O) groups excluding carboxylic acids is 2. The summed E-state index contributed by atoms with van der Waals surface area (Å²) in [5.74, 6) is 0.0834. The number of rotatable bonds is 6. The first-order valence-corrected chi connectivity index (χ1v) is 7.51. The van der Waals surface area contributed by atoms with Gasteiger partial charge in [0, 0.05) is 31.6 Å². The molecule has 2 amide bonds. The van der Waals surface area contributed by atoms with E-state index in [0.717, 1.165) is 19.5 Å². The van der Waals surface area contributed by atoms with E-state index in [1.54, 1.807) is 0 Å². The highest BCUT2D eigenvalue weighted by Crippen LogP contribution is 2.15. The van der Waals surface area contributed by atoms with Crippen LogP contribution >= 0.6 is 0 Å². The van der Waals surface area contributed by atoms with E-state index >= 15 is 0 Å². The van der Waals surface area contributed by atoms with Crippen LogP contribution in [0.15, 0.2) is 0 Å². The first-order chi connectivity index (χ1) is 9.61. The van der Waals surface area contributed by atoms with Crippen molar-refractivity contribution in [1.82, 2.24) is 15.5 Å². The Morgan fingerprint density at radius 3 is 2.95 bits per heavy atom. The molecule has 0 aromatic heterocycles. The van der Waals surface area contributed by atoms with Crippen LogP contribution < -0.4 is 10.6 Å². The molecule has 2 saturated heterocycles. The Balaban J connectivity index is 1.79. The molecule has 0 bridgehead atoms. The molecule has 2 heterocycles. The second kappa shape index (κ2) is 7.04. The summed E-state index contributed by atoms with van der Waals surface area (Å²) >= 11 is 0. The Hall–Kier alpha value is -1.14. The third-order valence-corrected chi connectivity index (χ3v) is 3.94. The first-order valence-electron chi connectivity index (χ1n) is 7.51. The highest BCUT2D eigenvalue weighted by Gasteiger charge is 2.34. The molecule has 6 nitrogen and oxygen atoms in total. The first kappa shape index (κ1) is 15.3. The van der Waals surface area contributed by atoms with Gasteiger partial charge in [-0.2, -0.15) is 0 Å². The fraction of sp³-hybridized carbons (Fsp3) is 0.857. The summed E-state index contributed by atoms with van der Waals surface area (Å²) in [4.78, 5) is 25.7. The van der Waals surface area contributed by atoms with Gasteiger partial charge in [0.25, 0.3) is 0 Å². The van der Waals surface area contributed by atoms with Gasteiger partial charge in [-0.05, 0) is 19.9 Å². The molecular formula is C14H25N3O3. The molecule has 0 aromatic rings. The molecule has 3 unspecified atom stereocenters. The largest absolute Gasteiger partial charge is 0.379 e. The van der Waals surface area contributed by atoms with Crippen LogP contribution in [0.2, 0.25) is 0 Å². The van der Waals surface area contributed by atoms with Crippen molar-refractivity contribution in [2.24, 2.45) is 5.92 Å². The number of carbonyl (C=O) groups is 2. The Labute approximate surface area is 120 Å². The maximum absolute atomic E-state index is 12.3. The Morgan fingerprint density at radius 1 is 1.50 bits per heavy atom. The fourth-order valence-corrected chi connectivity index (χ4v) is 2.90. The minimum atomic E-state index is -0.133. The smallest absolute Gasteiger partial charge is 0.227 e. The van der Waals surface area contributed by atoms with Crippen molar-refractivity contribution in [3.05, 3.63) is 0 Å². The number of likely N-dealkylation sites (N-methyl/N-ethyl adjacent to an activating group) is 1. The highest BCUT2D eigenvalue weighted by atomic mass is 16.5. The van der Waals surface area contributed by atoms with E-state index in [9.17, 15) is 9.59 Å². The molecule has 0 aliphatic carbocycles. The zero-order valence-electron chi connectivity index (χ0n) is 12.4. The molecule has 6 heteroatoms. The third kappa shape index (κ3) is 3.70. The van der Waals surface area contributed by atoms with Crippen molar-refractivity contribution in [2.45, 2.75) is 38.8 Å². The van der Waals surface area contributed by atoms with Crippen molar-refractivity contribution in [3.63, 3.8) is 0 Å². The van der Waals surface area contributed by atoms with Crippen LogP contribution in [0.5, 0.6) is 0 Å². The highest BCUT2D eigenvalue weighted by molar-refractivity contribution is 5.80. The van der Waals surface area contributed by atoms with Crippen LogP contribution in [0.25, 0.3) is 0 Å². The average Bonchev–Trinajstić information content (AvgIpc) is 3.00. The van der Waals surface area contributed by atoms with Gasteiger partial charge in [-0.15, -0.1) is 0 Å². The number of nitrogens with zero attached hydrogens (tertiary/aromatic N) is 1. The van der Waals surface area contributed by atoms with Crippen molar-refractivity contribution in [3.8, 4) is 0 Å². The van der Waals surface area contributed by atoms with Crippen LogP contribution in [0.1, 0.15) is 26.7 Å². The number of nitrogens with one attached hydrogen (secondary N) is 2. The lowest BCUT2D eigenvalue weighted by atomic mass is 10.0. The number of likely N-dealkylation sites (tertiary alicyclic amines) is 1. The van der Waals surface area contributed by atoms with Gasteiger partial charge >= 0.3 is 0 Å². The molecule has 2 aliphatic rings. The van der Waals surface area contributed by atoms with Gasteiger partial charge in [0.2, 0.25) is 11.8 Å². The van der Waals surface area contributed by atoms with E-state index in [4.69, 9.17) is 4.74 Å². The van der Waals surface area contributed by atoms with Crippen LogP contribution in [-0.4, -0.2) is 61.6 Å². The molecule has 2 aliphatic heterocycles. The Kier molecular flexibility index (Phi) is 5.37. The molecule has 2 rings (SSSR count). The monoisotopic (exact) mass is 283 g/mol. The van der Waals surface area contributed by atoms with Gasteiger partial charge in [-0.3, -0.25) is 9.59 Å². The lowest BCUT2D eigenvalue weighted by molar-refractivity contribution is -0.130. The minimum absolute atomic E-state index is 0.0209. The second-order valence-corrected chi connectivity index (χ2v) is 5.66. The molecule has 114 valence electrons. The lowest BCUT2D eigenvalue weighted by Crippen LogP contribution is -2.49. The summed E-state index contributed by atoms with van der Waals surface area (Å²) in [5, 5.41) is 6.28. The van der Waals surface area contributed by atoms with Crippen molar-refractivity contribution < 1.29 is 14.3 Å². The maximum atomic E-state index is 12.3. The van der Waals surface area contributed by atoms with Gasteiger partial charge in [0.05, 0.1) is 19.1 Å². The van der Waals surface area contributed by atoms with Gasteiger partial charge < -0.3 is 20.3 Å². The normalized spacial score (nSPS) is 27.9. The van der Waals surface area contributed by atoms with Gasteiger partial charge in [-0.25, -0.2) is 0 Å². The van der Waals surface area contributed by atoms with Gasteiger partial charge in [-0.1, -0.05) is 6.92 Å². The van der Waals surface area contributed by atoms with Gasteiger partial charge in [0.1, 0.15) is 0 Å². The van der Waals surface area contributed by atoms with E-state index in [0.29, 0.717) is 26.2 Å². The topological polar surface area (TPSA) is 70.7 Å². The van der Waals surface area contributed by atoms with Gasteiger partial charge in [0.15, 0.2) is 0 Å². The second-order valence-electron chi connectivity index (χ2n) is 5.66. The van der Waals surface area contributed by atoms with E-state index in [1.807, 2.05) is 18.7 Å². The zero-order valence-corrected chi connectivity index (χ0v) is 12.4. The number of hydrogen-bond acceptors (Lipinski definition) is 4.